The lowest BCUT2D eigenvalue weighted by Crippen LogP contribution is -2.33. The number of hydrogen-bond acceptors (Lipinski definition) is 5. The molecule has 3 rings (SSSR count). The van der Waals surface area contributed by atoms with Crippen LogP contribution in [0.15, 0.2) is 16.7 Å². The average Bonchev–Trinajstić information content (AvgIpc) is 2.82. The minimum Gasteiger partial charge on any atom is -0.472 e. The van der Waals surface area contributed by atoms with E-state index in [0.717, 1.165) is 41.3 Å². The maximum Gasteiger partial charge on any atom is 0.309 e. The zero-order valence-electron chi connectivity index (χ0n) is 15.1. The van der Waals surface area contributed by atoms with Crippen molar-refractivity contribution >= 4 is 32.9 Å². The predicted octanol–water partition coefficient (Wildman–Crippen LogP) is 4.01. The molecule has 2 heterocycles. The molecular formula is C18H24BrN3O3. The summed E-state index contributed by atoms with van der Waals surface area (Å²) in [6, 6.07) is 3.85. The van der Waals surface area contributed by atoms with Crippen molar-refractivity contribution in [2.75, 3.05) is 0 Å². The molecule has 0 aliphatic heterocycles. The lowest BCUT2D eigenvalue weighted by atomic mass is 9.87. The molecule has 0 N–H and O–H groups in total. The first-order valence-electron chi connectivity index (χ1n) is 8.62. The maximum absolute atomic E-state index is 12.2. The van der Waals surface area contributed by atoms with Gasteiger partial charge in [-0.3, -0.25) is 9.48 Å². The minimum absolute atomic E-state index is 0.0354. The first-order chi connectivity index (χ1) is 11.7. The minimum atomic E-state index is -0.434. The highest BCUT2D eigenvalue weighted by Crippen LogP contribution is 2.31. The zero-order valence-corrected chi connectivity index (χ0v) is 16.7. The third-order valence-electron chi connectivity index (χ3n) is 4.32. The second kappa shape index (κ2) is 6.94. The molecule has 7 heteroatoms. The molecule has 136 valence electrons. The van der Waals surface area contributed by atoms with Crippen molar-refractivity contribution < 1.29 is 14.3 Å². The first-order valence-corrected chi connectivity index (χ1v) is 9.41. The monoisotopic (exact) mass is 409 g/mol. The van der Waals surface area contributed by atoms with Crippen molar-refractivity contribution in [3.05, 3.63) is 16.7 Å². The summed E-state index contributed by atoms with van der Waals surface area (Å²) in [5, 5.41) is 4.45. The Kier molecular flexibility index (Phi) is 5.04. The van der Waals surface area contributed by atoms with Gasteiger partial charge in [0.05, 0.1) is 11.4 Å². The third kappa shape index (κ3) is 4.32. The highest BCUT2D eigenvalue weighted by Gasteiger charge is 2.31. The van der Waals surface area contributed by atoms with E-state index in [-0.39, 0.29) is 18.0 Å². The third-order valence-corrected chi connectivity index (χ3v) is 4.77. The number of carbonyl (C=O) groups excluding carboxylic acids is 1. The summed E-state index contributed by atoms with van der Waals surface area (Å²) in [6.45, 7) is 5.70. The fourth-order valence-electron chi connectivity index (χ4n) is 3.12. The summed E-state index contributed by atoms with van der Waals surface area (Å²) in [6.07, 6.45) is 3.24. The Bertz CT molecular complexity index is 774. The fourth-order valence-corrected chi connectivity index (χ4v) is 3.43. The quantitative estimate of drug-likeness (QED) is 0.565. The van der Waals surface area contributed by atoms with E-state index in [4.69, 9.17) is 9.47 Å². The molecule has 25 heavy (non-hydrogen) atoms. The van der Waals surface area contributed by atoms with Crippen molar-refractivity contribution in [1.82, 2.24) is 14.8 Å². The Balaban J connectivity index is 1.63. The number of fused-ring (bicyclic) bond motifs is 1. The van der Waals surface area contributed by atoms with Crippen LogP contribution in [-0.2, 0) is 16.6 Å². The van der Waals surface area contributed by atoms with E-state index >= 15 is 0 Å². The summed E-state index contributed by atoms with van der Waals surface area (Å²) in [5.74, 6) is 0.422. The Morgan fingerprint density at radius 2 is 1.92 bits per heavy atom. The molecule has 0 unspecified atom stereocenters. The van der Waals surface area contributed by atoms with E-state index in [1.165, 1.54) is 0 Å². The highest BCUT2D eigenvalue weighted by molar-refractivity contribution is 9.10. The Hall–Kier alpha value is -1.63. The van der Waals surface area contributed by atoms with Gasteiger partial charge in [0, 0.05) is 7.05 Å². The van der Waals surface area contributed by atoms with Gasteiger partial charge < -0.3 is 9.47 Å². The van der Waals surface area contributed by atoms with Gasteiger partial charge in [-0.15, -0.1) is 5.10 Å². The number of carbonyl (C=O) groups is 1. The molecule has 0 spiro atoms. The van der Waals surface area contributed by atoms with E-state index in [9.17, 15) is 4.79 Å². The Labute approximate surface area is 156 Å². The van der Waals surface area contributed by atoms with Crippen LogP contribution in [0.4, 0.5) is 0 Å². The summed E-state index contributed by atoms with van der Waals surface area (Å²) < 4.78 is 14.1. The van der Waals surface area contributed by atoms with Gasteiger partial charge in [0.2, 0.25) is 0 Å². The second-order valence-corrected chi connectivity index (χ2v) is 8.37. The molecule has 2 aromatic rings. The lowest BCUT2D eigenvalue weighted by molar-refractivity contribution is -0.161. The van der Waals surface area contributed by atoms with Gasteiger partial charge >= 0.3 is 5.97 Å². The SMILES string of the molecule is Cn1nc(O[C@H]2CC[C@H](C(=O)OC(C)(C)C)CC2)c2nc(Br)ccc21. The van der Waals surface area contributed by atoms with Crippen molar-refractivity contribution in [3.8, 4) is 5.88 Å². The molecule has 1 aliphatic carbocycles. The summed E-state index contributed by atoms with van der Waals surface area (Å²) in [5.41, 5.74) is 1.25. The van der Waals surface area contributed by atoms with Crippen molar-refractivity contribution in [3.63, 3.8) is 0 Å². The van der Waals surface area contributed by atoms with Crippen LogP contribution < -0.4 is 4.74 Å². The largest absolute Gasteiger partial charge is 0.472 e. The van der Waals surface area contributed by atoms with Crippen LogP contribution in [0.2, 0.25) is 0 Å². The number of halogens is 1. The van der Waals surface area contributed by atoms with Gasteiger partial charge in [0.25, 0.3) is 5.88 Å². The molecule has 0 amide bonds. The molecule has 0 bridgehead atoms. The first kappa shape index (κ1) is 18.2. The van der Waals surface area contributed by atoms with Crippen LogP contribution in [0, 0.1) is 5.92 Å². The zero-order chi connectivity index (χ0) is 18.2. The lowest BCUT2D eigenvalue weighted by Gasteiger charge is -2.29. The summed E-state index contributed by atoms with van der Waals surface area (Å²) in [7, 11) is 1.88. The Morgan fingerprint density at radius 3 is 2.56 bits per heavy atom. The number of ether oxygens (including phenoxy) is 2. The topological polar surface area (TPSA) is 66.2 Å². The van der Waals surface area contributed by atoms with Crippen molar-refractivity contribution in [2.24, 2.45) is 13.0 Å². The van der Waals surface area contributed by atoms with E-state index in [2.05, 4.69) is 26.0 Å². The van der Waals surface area contributed by atoms with Gasteiger partial charge in [0.15, 0.2) is 5.52 Å². The Morgan fingerprint density at radius 1 is 1.24 bits per heavy atom. The van der Waals surface area contributed by atoms with E-state index in [1.54, 1.807) is 4.68 Å². The molecule has 1 aliphatic rings. The fraction of sp³-hybridized carbons (Fsp3) is 0.611. The molecule has 1 saturated carbocycles. The van der Waals surface area contributed by atoms with Crippen LogP contribution in [0.5, 0.6) is 5.88 Å². The summed E-state index contributed by atoms with van der Waals surface area (Å²) >= 11 is 3.39. The number of rotatable bonds is 3. The molecule has 1 fully saturated rings. The normalized spacial score (nSPS) is 21.3. The van der Waals surface area contributed by atoms with Gasteiger partial charge in [-0.05, 0) is 74.5 Å². The van der Waals surface area contributed by atoms with Crippen molar-refractivity contribution in [2.45, 2.75) is 58.2 Å². The van der Waals surface area contributed by atoms with Gasteiger partial charge in [-0.2, -0.15) is 0 Å². The van der Waals surface area contributed by atoms with Crippen LogP contribution in [0.3, 0.4) is 0 Å². The van der Waals surface area contributed by atoms with Crippen LogP contribution in [-0.4, -0.2) is 32.4 Å². The number of esters is 1. The van der Waals surface area contributed by atoms with E-state index in [0.29, 0.717) is 5.88 Å². The molecular weight excluding hydrogens is 386 g/mol. The van der Waals surface area contributed by atoms with Crippen LogP contribution in [0.1, 0.15) is 46.5 Å². The summed E-state index contributed by atoms with van der Waals surface area (Å²) in [4.78, 5) is 16.7. The predicted molar refractivity (Wildman–Crippen MR) is 98.4 cm³/mol. The smallest absolute Gasteiger partial charge is 0.309 e. The average molecular weight is 410 g/mol. The number of aromatic nitrogens is 3. The van der Waals surface area contributed by atoms with Gasteiger partial charge in [-0.1, -0.05) is 0 Å². The molecule has 2 aromatic heterocycles. The van der Waals surface area contributed by atoms with Crippen LogP contribution in [0.25, 0.3) is 11.0 Å². The van der Waals surface area contributed by atoms with Crippen LogP contribution >= 0.6 is 15.9 Å². The molecule has 0 radical (unpaired) electrons. The molecule has 6 nitrogen and oxygen atoms in total. The number of nitrogens with zero attached hydrogens (tertiary/aromatic N) is 3. The van der Waals surface area contributed by atoms with Gasteiger partial charge in [-0.25, -0.2) is 4.98 Å². The number of hydrogen-bond donors (Lipinski definition) is 0. The molecule has 0 saturated heterocycles. The number of aryl methyl sites for hydroxylation is 1. The standard InChI is InChI=1S/C18H24BrN3O3/c1-18(2,3)25-17(23)11-5-7-12(8-6-11)24-16-15-13(22(4)21-16)9-10-14(19)20-15/h9-12H,5-8H2,1-4H3/t11-,12-. The van der Waals surface area contributed by atoms with Gasteiger partial charge in [0.1, 0.15) is 16.3 Å². The molecule has 0 aromatic carbocycles. The van der Waals surface area contributed by atoms with Crippen molar-refractivity contribution in [1.29, 1.82) is 0 Å². The molecule has 0 atom stereocenters. The van der Waals surface area contributed by atoms with E-state index in [1.807, 2.05) is 40.0 Å². The highest BCUT2D eigenvalue weighted by atomic mass is 79.9. The second-order valence-electron chi connectivity index (χ2n) is 7.56. The maximum atomic E-state index is 12.2. The number of pyridine rings is 1. The van der Waals surface area contributed by atoms with E-state index < -0.39 is 5.60 Å².